The molecule has 2 aliphatic heterocycles. The Hall–Kier alpha value is -3.31. The topological polar surface area (TPSA) is 118 Å². The highest BCUT2D eigenvalue weighted by Crippen LogP contribution is 2.60. The van der Waals surface area contributed by atoms with E-state index in [1.165, 1.54) is 9.80 Å². The van der Waals surface area contributed by atoms with Crippen LogP contribution in [0, 0.1) is 5.41 Å². The normalized spacial score (nSPS) is 23.8. The molecule has 1 aliphatic carbocycles. The number of anilines is 1. The van der Waals surface area contributed by atoms with E-state index in [9.17, 15) is 19.2 Å². The molecule has 1 saturated carbocycles. The van der Waals surface area contributed by atoms with Gasteiger partial charge in [0.1, 0.15) is 22.1 Å². The monoisotopic (exact) mass is 584 g/mol. The Morgan fingerprint density at radius 1 is 1.11 bits per heavy atom. The van der Waals surface area contributed by atoms with Crippen molar-refractivity contribution in [1.29, 1.82) is 0 Å². The summed E-state index contributed by atoms with van der Waals surface area (Å²) in [6.45, 7) is 5.64. The number of pyridine rings is 1. The molecular weight excluding hydrogens is 556 g/mol. The van der Waals surface area contributed by atoms with E-state index >= 15 is 0 Å². The number of likely N-dealkylation sites (tertiary alicyclic amines) is 1. The van der Waals surface area contributed by atoms with E-state index in [0.717, 1.165) is 0 Å². The number of methoxy groups -OCH3 is 1. The highest BCUT2D eigenvalue weighted by Gasteiger charge is 2.69. The second-order valence-electron chi connectivity index (χ2n) is 11.0. The number of hydrogen-bond donors (Lipinski definition) is 1. The maximum absolute atomic E-state index is 13.6. The van der Waals surface area contributed by atoms with Crippen LogP contribution in [0.1, 0.15) is 59.9 Å². The second kappa shape index (κ2) is 9.46. The third-order valence-electron chi connectivity index (χ3n) is 7.16. The zero-order valence-electron chi connectivity index (χ0n) is 21.6. The van der Waals surface area contributed by atoms with Crippen molar-refractivity contribution >= 4 is 45.6 Å². The van der Waals surface area contributed by atoms with Crippen molar-refractivity contribution in [2.75, 3.05) is 19.0 Å². The van der Waals surface area contributed by atoms with Crippen LogP contribution < -0.4 is 5.32 Å². The fourth-order valence-corrected chi connectivity index (χ4v) is 5.71. The van der Waals surface area contributed by atoms with Crippen LogP contribution in [-0.4, -0.2) is 69.9 Å². The second-order valence-corrected chi connectivity index (χ2v) is 11.8. The first kappa shape index (κ1) is 26.3. The summed E-state index contributed by atoms with van der Waals surface area (Å²) < 4.78 is 11.4. The summed E-state index contributed by atoms with van der Waals surface area (Å²) >= 11 is 3.33. The number of rotatable bonds is 6. The molecule has 2 fully saturated rings. The van der Waals surface area contributed by atoms with E-state index < -0.39 is 29.1 Å². The Morgan fingerprint density at radius 2 is 1.76 bits per heavy atom. The van der Waals surface area contributed by atoms with E-state index in [-0.39, 0.29) is 37.4 Å². The quantitative estimate of drug-likeness (QED) is 0.402. The van der Waals surface area contributed by atoms with Crippen molar-refractivity contribution in [1.82, 2.24) is 14.8 Å². The predicted molar refractivity (Wildman–Crippen MR) is 140 cm³/mol. The smallest absolute Gasteiger partial charge is 0.411 e. The van der Waals surface area contributed by atoms with Crippen molar-refractivity contribution < 1.29 is 28.7 Å². The molecule has 1 saturated heterocycles. The van der Waals surface area contributed by atoms with Gasteiger partial charge in [0, 0.05) is 30.7 Å². The van der Waals surface area contributed by atoms with Crippen LogP contribution in [0.4, 0.5) is 10.6 Å². The van der Waals surface area contributed by atoms with Crippen LogP contribution in [0.2, 0.25) is 0 Å². The Bertz CT molecular complexity index is 1310. The van der Waals surface area contributed by atoms with Crippen LogP contribution in [0.5, 0.6) is 0 Å². The number of fused-ring (bicyclic) bond motifs is 2. The van der Waals surface area contributed by atoms with Gasteiger partial charge in [-0.15, -0.1) is 0 Å². The fourth-order valence-electron chi connectivity index (χ4n) is 5.40. The van der Waals surface area contributed by atoms with Crippen LogP contribution >= 0.6 is 15.9 Å². The number of benzene rings is 1. The molecule has 5 rings (SSSR count). The number of nitrogens with zero attached hydrogens (tertiary/aromatic N) is 3. The first-order valence-corrected chi connectivity index (χ1v) is 13.2. The van der Waals surface area contributed by atoms with Crippen LogP contribution in [-0.2, 0) is 20.9 Å². The Kier molecular flexibility index (Phi) is 6.55. The number of hydrogen-bond acceptors (Lipinski definition) is 7. The molecule has 0 spiro atoms. The first-order valence-electron chi connectivity index (χ1n) is 12.4. The average molecular weight is 585 g/mol. The third-order valence-corrected chi connectivity index (χ3v) is 7.60. The number of amides is 4. The van der Waals surface area contributed by atoms with Crippen LogP contribution in [0.3, 0.4) is 0 Å². The number of carbonyl (C=O) groups is 4. The molecule has 2 aromatic rings. The highest BCUT2D eigenvalue weighted by atomic mass is 79.9. The van der Waals surface area contributed by atoms with Gasteiger partial charge in [-0.2, -0.15) is 0 Å². The minimum atomic E-state index is -0.866. The highest BCUT2D eigenvalue weighted by molar-refractivity contribution is 9.10. The summed E-state index contributed by atoms with van der Waals surface area (Å²) in [7, 11) is 1.55. The lowest BCUT2D eigenvalue weighted by molar-refractivity contribution is -0.121. The molecule has 1 aromatic heterocycles. The van der Waals surface area contributed by atoms with Crippen molar-refractivity contribution in [2.45, 2.75) is 57.9 Å². The Balaban J connectivity index is 1.41. The fraction of sp³-hybridized carbons (Fsp3) is 0.444. The van der Waals surface area contributed by atoms with Crippen LogP contribution in [0.25, 0.3) is 0 Å². The Labute approximate surface area is 228 Å². The van der Waals surface area contributed by atoms with Gasteiger partial charge in [-0.25, -0.2) is 9.78 Å². The Morgan fingerprint density at radius 3 is 2.37 bits per heavy atom. The summed E-state index contributed by atoms with van der Waals surface area (Å²) in [4.78, 5) is 60.1. The van der Waals surface area contributed by atoms with Gasteiger partial charge in [-0.1, -0.05) is 18.2 Å². The lowest BCUT2D eigenvalue weighted by Gasteiger charge is -2.30. The van der Waals surface area contributed by atoms with Crippen LogP contribution in [0.15, 0.2) is 41.0 Å². The molecule has 3 aliphatic rings. The first-order chi connectivity index (χ1) is 17.9. The molecule has 0 radical (unpaired) electrons. The van der Waals surface area contributed by atoms with Gasteiger partial charge >= 0.3 is 6.09 Å². The minimum absolute atomic E-state index is 0.122. The summed E-state index contributed by atoms with van der Waals surface area (Å²) in [6, 6.07) is 9.05. The lowest BCUT2D eigenvalue weighted by atomic mass is 9.98. The van der Waals surface area contributed by atoms with Gasteiger partial charge in [0.05, 0.1) is 17.7 Å². The van der Waals surface area contributed by atoms with Gasteiger partial charge in [0.2, 0.25) is 5.91 Å². The molecule has 3 heterocycles. The van der Waals surface area contributed by atoms with Gasteiger partial charge < -0.3 is 14.8 Å². The number of imide groups is 1. The van der Waals surface area contributed by atoms with Crippen molar-refractivity contribution in [3.05, 3.63) is 57.7 Å². The largest absolute Gasteiger partial charge is 0.444 e. The number of carbonyl (C=O) groups excluding carboxylic acids is 4. The molecule has 200 valence electrons. The molecule has 10 nitrogen and oxygen atoms in total. The van der Waals surface area contributed by atoms with Crippen molar-refractivity contribution in [3.8, 4) is 0 Å². The molecule has 38 heavy (non-hydrogen) atoms. The summed E-state index contributed by atoms with van der Waals surface area (Å²) in [6.07, 6.45) is 0.237. The number of nitrogens with one attached hydrogen (secondary N) is 1. The number of piperidine rings is 1. The molecule has 4 amide bonds. The summed E-state index contributed by atoms with van der Waals surface area (Å²) in [5.74, 6) is -0.812. The maximum atomic E-state index is 13.6. The molecular formula is C27H29BrN4O6. The average Bonchev–Trinajstić information content (AvgIpc) is 3.36. The molecule has 1 aromatic carbocycles. The van der Waals surface area contributed by atoms with Crippen molar-refractivity contribution in [2.24, 2.45) is 5.41 Å². The summed E-state index contributed by atoms with van der Waals surface area (Å²) in [5, 5.41) is 2.85. The minimum Gasteiger partial charge on any atom is -0.444 e. The van der Waals surface area contributed by atoms with E-state index in [1.807, 2.05) is 0 Å². The molecule has 11 heteroatoms. The zero-order chi connectivity index (χ0) is 27.4. The molecule has 1 N–H and O–H groups in total. The van der Waals surface area contributed by atoms with E-state index in [1.54, 1.807) is 64.3 Å². The standard InChI is InChI=1S/C27H29BrN4O6/c1-26(2,3)38-25(36)32-18(22(33)30-21-15(13-37-4)9-10-20(28)29-21)11-27(12-19(27)32)14-31-23(34)16-7-5-6-8-17(16)24(31)35/h5-10,18-19H,11-14H2,1-4H3,(H,29,30,33). The summed E-state index contributed by atoms with van der Waals surface area (Å²) in [5.41, 5.74) is 0.0595. The predicted octanol–water partition coefficient (Wildman–Crippen LogP) is 3.99. The maximum Gasteiger partial charge on any atom is 0.411 e. The molecule has 3 atom stereocenters. The van der Waals surface area contributed by atoms with Gasteiger partial charge in [0.25, 0.3) is 11.8 Å². The number of aromatic nitrogens is 1. The van der Waals surface area contributed by atoms with Gasteiger partial charge in [0.15, 0.2) is 0 Å². The zero-order valence-corrected chi connectivity index (χ0v) is 23.2. The van der Waals surface area contributed by atoms with Gasteiger partial charge in [-0.05, 0) is 67.7 Å². The van der Waals surface area contributed by atoms with Gasteiger partial charge in [-0.3, -0.25) is 24.2 Å². The molecule has 0 bridgehead atoms. The molecule has 3 unspecified atom stereocenters. The van der Waals surface area contributed by atoms with E-state index in [4.69, 9.17) is 9.47 Å². The number of ether oxygens (including phenoxy) is 2. The van der Waals surface area contributed by atoms with E-state index in [2.05, 4.69) is 26.2 Å². The SMILES string of the molecule is COCc1ccc(Br)nc1NC(=O)C1CC2(CN3C(=O)c4ccccc4C3=O)CC2N1C(=O)OC(C)(C)C. The third kappa shape index (κ3) is 4.69. The van der Waals surface area contributed by atoms with Crippen molar-refractivity contribution in [3.63, 3.8) is 0 Å². The number of halogens is 1. The lowest BCUT2D eigenvalue weighted by Crippen LogP contribution is -2.47. The van der Waals surface area contributed by atoms with E-state index in [0.29, 0.717) is 33.5 Å².